The molecule has 2 rings (SSSR count). The highest BCUT2D eigenvalue weighted by Gasteiger charge is 2.34. The number of ether oxygens (including phenoxy) is 1. The molecule has 0 radical (unpaired) electrons. The van der Waals surface area contributed by atoms with Gasteiger partial charge in [0.2, 0.25) is 0 Å². The van der Waals surface area contributed by atoms with E-state index in [2.05, 4.69) is 24.6 Å². The second-order valence-corrected chi connectivity index (χ2v) is 12.4. The van der Waals surface area contributed by atoms with E-state index in [1.165, 1.54) is 6.07 Å². The summed E-state index contributed by atoms with van der Waals surface area (Å²) in [6, 6.07) is 2.56. The summed E-state index contributed by atoms with van der Waals surface area (Å²) in [7, 11) is -1.17. The van der Waals surface area contributed by atoms with Gasteiger partial charge in [0.15, 0.2) is 0 Å². The van der Waals surface area contributed by atoms with Crippen LogP contribution in [0.1, 0.15) is 5.56 Å². The summed E-state index contributed by atoms with van der Waals surface area (Å²) in [4.78, 5) is 3.88. The van der Waals surface area contributed by atoms with Crippen LogP contribution in [0.5, 0.6) is 0 Å². The molecule has 2 heterocycles. The average Bonchev–Trinajstić information content (AvgIpc) is 2.76. The van der Waals surface area contributed by atoms with Gasteiger partial charge in [0.1, 0.15) is 12.4 Å². The van der Waals surface area contributed by atoms with Crippen molar-refractivity contribution in [3.63, 3.8) is 0 Å². The minimum absolute atomic E-state index is 0.253. The molecule has 0 aliphatic carbocycles. The van der Waals surface area contributed by atoms with Crippen LogP contribution >= 0.6 is 11.6 Å². The molecular weight excluding hydrogens is 333 g/mol. The van der Waals surface area contributed by atoms with Gasteiger partial charge in [-0.25, -0.2) is 4.98 Å². The van der Waals surface area contributed by atoms with E-state index in [0.717, 1.165) is 12.2 Å². The summed E-state index contributed by atoms with van der Waals surface area (Å²) in [5, 5.41) is -0.0383. The van der Waals surface area contributed by atoms with Crippen LogP contribution in [0.15, 0.2) is 18.5 Å². The van der Waals surface area contributed by atoms with Gasteiger partial charge in [0.25, 0.3) is 0 Å². The first-order valence-corrected chi connectivity index (χ1v) is 11.0. The van der Waals surface area contributed by atoms with Crippen molar-refractivity contribution in [1.29, 1.82) is 0 Å². The van der Waals surface area contributed by atoms with Gasteiger partial charge < -0.3 is 9.30 Å². The number of pyridine rings is 1. The summed E-state index contributed by atoms with van der Waals surface area (Å²) in [5.41, 5.74) is -0.523. The third kappa shape index (κ3) is 4.02. The minimum atomic E-state index is -4.51. The van der Waals surface area contributed by atoms with Crippen molar-refractivity contribution in [3.8, 4) is 0 Å². The number of aromatic nitrogens is 2. The van der Waals surface area contributed by atoms with Crippen LogP contribution in [-0.2, 0) is 17.6 Å². The molecule has 8 heteroatoms. The van der Waals surface area contributed by atoms with Crippen LogP contribution in [-0.4, -0.2) is 24.2 Å². The largest absolute Gasteiger partial charge is 0.419 e. The van der Waals surface area contributed by atoms with Crippen molar-refractivity contribution >= 4 is 30.7 Å². The molecule has 0 spiro atoms. The molecule has 0 N–H and O–H groups in total. The van der Waals surface area contributed by atoms with Crippen LogP contribution in [0.25, 0.3) is 11.0 Å². The highest BCUT2D eigenvalue weighted by atomic mass is 35.5. The molecule has 0 fully saturated rings. The quantitative estimate of drug-likeness (QED) is 0.559. The molecule has 0 saturated heterocycles. The van der Waals surface area contributed by atoms with E-state index < -0.39 is 19.8 Å². The first-order chi connectivity index (χ1) is 10.1. The predicted molar refractivity (Wildman–Crippen MR) is 83.9 cm³/mol. The van der Waals surface area contributed by atoms with Gasteiger partial charge >= 0.3 is 6.18 Å². The van der Waals surface area contributed by atoms with Crippen LogP contribution < -0.4 is 0 Å². The topological polar surface area (TPSA) is 27.1 Å². The van der Waals surface area contributed by atoms with Gasteiger partial charge in [-0.15, -0.1) is 0 Å². The zero-order valence-electron chi connectivity index (χ0n) is 12.7. The van der Waals surface area contributed by atoms with E-state index in [9.17, 15) is 13.2 Å². The lowest BCUT2D eigenvalue weighted by Crippen LogP contribution is -2.22. The fraction of sp³-hybridized carbons (Fsp3) is 0.500. The molecule has 0 bridgehead atoms. The Morgan fingerprint density at radius 2 is 2.00 bits per heavy atom. The molecule has 22 heavy (non-hydrogen) atoms. The number of nitrogens with zero attached hydrogens (tertiary/aromatic N) is 2. The molecule has 0 saturated carbocycles. The number of alkyl halides is 3. The number of hydrogen-bond donors (Lipinski definition) is 0. The van der Waals surface area contributed by atoms with E-state index in [1.807, 2.05) is 0 Å². The summed E-state index contributed by atoms with van der Waals surface area (Å²) < 4.78 is 45.6. The van der Waals surface area contributed by atoms with Gasteiger partial charge in [-0.1, -0.05) is 31.2 Å². The van der Waals surface area contributed by atoms with Gasteiger partial charge in [-0.2, -0.15) is 13.2 Å². The monoisotopic (exact) mass is 350 g/mol. The number of halogens is 4. The SMILES string of the molecule is C[Si](C)(C)CCOCn1ccc2c(Cl)c(C(F)(F)F)cnc21. The Kier molecular flexibility index (Phi) is 4.89. The Balaban J connectivity index is 2.15. The molecular formula is C14H18ClF3N2OSi. The maximum atomic E-state index is 12.8. The average molecular weight is 351 g/mol. The van der Waals surface area contributed by atoms with E-state index in [-0.39, 0.29) is 17.1 Å². The van der Waals surface area contributed by atoms with Gasteiger partial charge in [-0.3, -0.25) is 0 Å². The summed E-state index contributed by atoms with van der Waals surface area (Å²) in [6.45, 7) is 7.64. The molecule has 0 atom stereocenters. The van der Waals surface area contributed by atoms with E-state index >= 15 is 0 Å². The van der Waals surface area contributed by atoms with Crippen molar-refractivity contribution in [2.75, 3.05) is 6.61 Å². The molecule has 0 unspecified atom stereocenters. The second-order valence-electron chi connectivity index (χ2n) is 6.35. The third-order valence-electron chi connectivity index (χ3n) is 3.26. The molecule has 0 amide bonds. The standard InChI is InChI=1S/C14H18ClF3N2OSi/c1-22(2,3)7-6-21-9-20-5-4-10-12(15)11(14(16,17)18)8-19-13(10)20/h4-5,8H,6-7,9H2,1-3H3. The first-order valence-electron chi connectivity index (χ1n) is 6.88. The lowest BCUT2D eigenvalue weighted by molar-refractivity contribution is -0.137. The molecule has 0 aliphatic rings. The Morgan fingerprint density at radius 1 is 1.32 bits per heavy atom. The molecule has 3 nitrogen and oxygen atoms in total. The Labute approximate surface area is 133 Å². The number of rotatable bonds is 5. The van der Waals surface area contributed by atoms with E-state index in [1.54, 1.807) is 10.8 Å². The Hall–Kier alpha value is -1.05. The lowest BCUT2D eigenvalue weighted by atomic mass is 10.2. The van der Waals surface area contributed by atoms with Crippen molar-refractivity contribution < 1.29 is 17.9 Å². The summed E-state index contributed by atoms with van der Waals surface area (Å²) in [5.74, 6) is 0. The van der Waals surface area contributed by atoms with Crippen molar-refractivity contribution in [2.45, 2.75) is 38.6 Å². The van der Waals surface area contributed by atoms with E-state index in [0.29, 0.717) is 12.3 Å². The van der Waals surface area contributed by atoms with Crippen LogP contribution in [0.4, 0.5) is 13.2 Å². The highest BCUT2D eigenvalue weighted by molar-refractivity contribution is 6.76. The third-order valence-corrected chi connectivity index (χ3v) is 5.37. The second kappa shape index (κ2) is 6.21. The molecule has 2 aromatic rings. The lowest BCUT2D eigenvalue weighted by Gasteiger charge is -2.15. The molecule has 0 aliphatic heterocycles. The maximum Gasteiger partial charge on any atom is 0.419 e. The van der Waals surface area contributed by atoms with Gasteiger partial charge in [-0.05, 0) is 12.1 Å². The zero-order valence-corrected chi connectivity index (χ0v) is 14.4. The Bertz CT molecular complexity index is 664. The van der Waals surface area contributed by atoms with Crippen molar-refractivity contribution in [1.82, 2.24) is 9.55 Å². The Morgan fingerprint density at radius 3 is 2.59 bits per heavy atom. The summed E-state index contributed by atoms with van der Waals surface area (Å²) in [6.07, 6.45) is -2.10. The smallest absolute Gasteiger partial charge is 0.361 e. The summed E-state index contributed by atoms with van der Waals surface area (Å²) >= 11 is 5.85. The van der Waals surface area contributed by atoms with Crippen LogP contribution in [0.2, 0.25) is 30.7 Å². The number of fused-ring (bicyclic) bond motifs is 1. The van der Waals surface area contributed by atoms with Crippen molar-refractivity contribution in [3.05, 3.63) is 29.0 Å². The fourth-order valence-corrected chi connectivity index (χ4v) is 3.01. The molecule has 2 aromatic heterocycles. The number of hydrogen-bond acceptors (Lipinski definition) is 2. The van der Waals surface area contributed by atoms with Gasteiger partial charge in [0.05, 0.1) is 10.6 Å². The first kappa shape index (κ1) is 17.3. The van der Waals surface area contributed by atoms with E-state index in [4.69, 9.17) is 16.3 Å². The fourth-order valence-electron chi connectivity index (χ4n) is 1.95. The maximum absolute atomic E-state index is 12.8. The van der Waals surface area contributed by atoms with Crippen LogP contribution in [0, 0.1) is 0 Å². The zero-order chi connectivity index (χ0) is 16.5. The van der Waals surface area contributed by atoms with Gasteiger partial charge in [0, 0.05) is 32.5 Å². The molecule has 0 aromatic carbocycles. The highest BCUT2D eigenvalue weighted by Crippen LogP contribution is 2.37. The normalized spacial score (nSPS) is 13.0. The predicted octanol–water partition coefficient (Wildman–Crippen LogP) is 5.02. The van der Waals surface area contributed by atoms with Crippen LogP contribution in [0.3, 0.4) is 0 Å². The minimum Gasteiger partial charge on any atom is -0.361 e. The molecule has 122 valence electrons. The van der Waals surface area contributed by atoms with Crippen molar-refractivity contribution in [2.24, 2.45) is 0 Å².